The molecule has 0 aromatic heterocycles. The molecule has 0 spiro atoms. The van der Waals surface area contributed by atoms with Crippen molar-refractivity contribution in [2.24, 2.45) is 0 Å². The molecular formula is C18H19ClN3O2+. The molecule has 2 aromatic rings. The monoisotopic (exact) mass is 344 g/mol. The summed E-state index contributed by atoms with van der Waals surface area (Å²) in [5.41, 5.74) is 2.06. The van der Waals surface area contributed by atoms with Gasteiger partial charge >= 0.3 is 0 Å². The number of halogens is 1. The Hall–Kier alpha value is -2.55. The van der Waals surface area contributed by atoms with Crippen LogP contribution in [0.3, 0.4) is 0 Å². The second kappa shape index (κ2) is 8.34. The highest BCUT2D eigenvalue weighted by atomic mass is 35.5. The topological polar surface area (TPSA) is 66.6 Å². The second-order valence-corrected chi connectivity index (χ2v) is 5.92. The molecule has 1 amide bonds. The van der Waals surface area contributed by atoms with Gasteiger partial charge in [-0.3, -0.25) is 4.79 Å². The molecule has 2 aromatic carbocycles. The number of quaternary nitrogens is 1. The van der Waals surface area contributed by atoms with Crippen LogP contribution in [0.15, 0.2) is 42.5 Å². The zero-order valence-corrected chi connectivity index (χ0v) is 14.4. The van der Waals surface area contributed by atoms with Crippen LogP contribution in [-0.2, 0) is 11.3 Å². The summed E-state index contributed by atoms with van der Waals surface area (Å²) in [5.74, 6) is 0.688. The van der Waals surface area contributed by atoms with Crippen molar-refractivity contribution < 1.29 is 14.4 Å². The van der Waals surface area contributed by atoms with Crippen LogP contribution in [0, 0.1) is 11.3 Å². The fraction of sp³-hybridized carbons (Fsp3) is 0.222. The minimum Gasteiger partial charge on any atom is -0.497 e. The zero-order chi connectivity index (χ0) is 17.5. The van der Waals surface area contributed by atoms with Crippen LogP contribution in [0.1, 0.15) is 11.1 Å². The van der Waals surface area contributed by atoms with Gasteiger partial charge in [-0.1, -0.05) is 23.7 Å². The normalized spacial score (nSPS) is 11.4. The van der Waals surface area contributed by atoms with Gasteiger partial charge in [0.25, 0.3) is 5.91 Å². The van der Waals surface area contributed by atoms with Gasteiger partial charge in [0.05, 0.1) is 24.7 Å². The van der Waals surface area contributed by atoms with Crippen molar-refractivity contribution in [1.82, 2.24) is 0 Å². The van der Waals surface area contributed by atoms with Crippen LogP contribution in [0.4, 0.5) is 5.69 Å². The predicted octanol–water partition coefficient (Wildman–Crippen LogP) is 1.87. The number of carbonyl (C=O) groups excluding carboxylic acids is 1. The fourth-order valence-electron chi connectivity index (χ4n) is 2.36. The average molecular weight is 345 g/mol. The highest BCUT2D eigenvalue weighted by Gasteiger charge is 2.12. The minimum absolute atomic E-state index is 0.115. The molecular weight excluding hydrogens is 326 g/mol. The van der Waals surface area contributed by atoms with Gasteiger partial charge in [-0.25, -0.2) is 0 Å². The number of anilines is 1. The van der Waals surface area contributed by atoms with E-state index in [0.29, 0.717) is 29.4 Å². The predicted molar refractivity (Wildman–Crippen MR) is 93.2 cm³/mol. The average Bonchev–Trinajstić information content (AvgIpc) is 2.55. The minimum atomic E-state index is -0.115. The Kier molecular flexibility index (Phi) is 6.19. The van der Waals surface area contributed by atoms with E-state index in [4.69, 9.17) is 21.6 Å². The number of hydrogen-bond acceptors (Lipinski definition) is 3. The van der Waals surface area contributed by atoms with Gasteiger partial charge in [0.2, 0.25) is 0 Å². The molecule has 5 nitrogen and oxygen atoms in total. The Morgan fingerprint density at radius 2 is 2.12 bits per heavy atom. The van der Waals surface area contributed by atoms with Crippen molar-refractivity contribution in [1.29, 1.82) is 5.26 Å². The van der Waals surface area contributed by atoms with Crippen LogP contribution < -0.4 is 15.0 Å². The van der Waals surface area contributed by atoms with Crippen molar-refractivity contribution in [2.75, 3.05) is 26.0 Å². The highest BCUT2D eigenvalue weighted by Crippen LogP contribution is 2.20. The van der Waals surface area contributed by atoms with Crippen LogP contribution in [0.2, 0.25) is 5.02 Å². The summed E-state index contributed by atoms with van der Waals surface area (Å²) < 4.78 is 5.20. The lowest BCUT2D eigenvalue weighted by Crippen LogP contribution is -3.08. The summed E-state index contributed by atoms with van der Waals surface area (Å²) in [5, 5.41) is 12.0. The lowest BCUT2D eigenvalue weighted by Gasteiger charge is -2.14. The molecule has 124 valence electrons. The summed E-state index contributed by atoms with van der Waals surface area (Å²) >= 11 is 5.96. The van der Waals surface area contributed by atoms with E-state index < -0.39 is 0 Å². The summed E-state index contributed by atoms with van der Waals surface area (Å²) in [7, 11) is 3.58. The highest BCUT2D eigenvalue weighted by molar-refractivity contribution is 6.32. The molecule has 1 atom stereocenters. The van der Waals surface area contributed by atoms with E-state index in [2.05, 4.69) is 5.32 Å². The first-order valence-electron chi connectivity index (χ1n) is 7.45. The molecule has 2 rings (SSSR count). The smallest absolute Gasteiger partial charge is 0.279 e. The zero-order valence-electron chi connectivity index (χ0n) is 13.6. The number of nitrogens with one attached hydrogen (secondary N) is 2. The van der Waals surface area contributed by atoms with E-state index >= 15 is 0 Å². The number of benzene rings is 2. The van der Waals surface area contributed by atoms with Gasteiger partial charge < -0.3 is 15.0 Å². The number of rotatable bonds is 6. The Balaban J connectivity index is 1.91. The molecule has 0 bridgehead atoms. The first-order valence-corrected chi connectivity index (χ1v) is 7.83. The summed E-state index contributed by atoms with van der Waals surface area (Å²) in [4.78, 5) is 13.2. The molecule has 0 aliphatic carbocycles. The van der Waals surface area contributed by atoms with Gasteiger partial charge in [0.1, 0.15) is 18.4 Å². The number of carbonyl (C=O) groups is 1. The standard InChI is InChI=1S/C18H18ClN3O2/c1-22(11-13-4-3-5-16(8-13)24-2)12-18(23)21-15-7-6-14(10-20)17(19)9-15/h3-9H,11-12H2,1-2H3,(H,21,23)/p+1. The number of ether oxygens (including phenoxy) is 1. The Labute approximate surface area is 146 Å². The number of amides is 1. The van der Waals surface area contributed by atoms with E-state index in [-0.39, 0.29) is 5.91 Å². The van der Waals surface area contributed by atoms with Crippen LogP contribution >= 0.6 is 11.6 Å². The number of likely N-dealkylation sites (N-methyl/N-ethyl adjacent to an activating group) is 1. The maximum absolute atomic E-state index is 12.1. The molecule has 0 fully saturated rings. The van der Waals surface area contributed by atoms with Crippen molar-refractivity contribution in [3.8, 4) is 11.8 Å². The third-order valence-electron chi connectivity index (χ3n) is 3.48. The van der Waals surface area contributed by atoms with Gasteiger partial charge in [0.15, 0.2) is 6.54 Å². The van der Waals surface area contributed by atoms with Crippen molar-refractivity contribution >= 4 is 23.2 Å². The molecule has 0 aliphatic rings. The molecule has 0 saturated heterocycles. The SMILES string of the molecule is COc1cccc(C[NH+](C)CC(=O)Nc2ccc(C#N)c(Cl)c2)c1. The summed E-state index contributed by atoms with van der Waals surface area (Å²) in [6.45, 7) is 1.02. The van der Waals surface area contributed by atoms with E-state index in [1.165, 1.54) is 0 Å². The van der Waals surface area contributed by atoms with Crippen molar-refractivity contribution in [3.63, 3.8) is 0 Å². The van der Waals surface area contributed by atoms with Crippen LogP contribution in [0.5, 0.6) is 5.75 Å². The van der Waals surface area contributed by atoms with Crippen LogP contribution in [-0.4, -0.2) is 26.6 Å². The van der Waals surface area contributed by atoms with E-state index in [1.807, 2.05) is 37.4 Å². The first kappa shape index (κ1) is 17.8. The molecule has 6 heteroatoms. The summed E-state index contributed by atoms with van der Waals surface area (Å²) in [6.07, 6.45) is 0. The number of hydrogen-bond donors (Lipinski definition) is 2. The van der Waals surface area contributed by atoms with Crippen molar-refractivity contribution in [3.05, 3.63) is 58.6 Å². The largest absolute Gasteiger partial charge is 0.497 e. The molecule has 0 heterocycles. The number of methoxy groups -OCH3 is 1. The number of nitrogens with zero attached hydrogens (tertiary/aromatic N) is 1. The number of nitriles is 1. The maximum Gasteiger partial charge on any atom is 0.279 e. The van der Waals surface area contributed by atoms with E-state index in [0.717, 1.165) is 16.2 Å². The second-order valence-electron chi connectivity index (χ2n) is 5.52. The maximum atomic E-state index is 12.1. The fourth-order valence-corrected chi connectivity index (χ4v) is 2.58. The molecule has 0 aliphatic heterocycles. The third-order valence-corrected chi connectivity index (χ3v) is 3.79. The van der Waals surface area contributed by atoms with Gasteiger partial charge in [-0.15, -0.1) is 0 Å². The van der Waals surface area contributed by atoms with Crippen LogP contribution in [0.25, 0.3) is 0 Å². The van der Waals surface area contributed by atoms with Crippen molar-refractivity contribution in [2.45, 2.75) is 6.54 Å². The Bertz CT molecular complexity index is 771. The van der Waals surface area contributed by atoms with E-state index in [9.17, 15) is 4.79 Å². The lowest BCUT2D eigenvalue weighted by molar-refractivity contribution is -0.885. The molecule has 24 heavy (non-hydrogen) atoms. The molecule has 1 unspecified atom stereocenters. The molecule has 2 N–H and O–H groups in total. The van der Waals surface area contributed by atoms with E-state index in [1.54, 1.807) is 25.3 Å². The van der Waals surface area contributed by atoms with Gasteiger partial charge in [0, 0.05) is 11.3 Å². The summed E-state index contributed by atoms with van der Waals surface area (Å²) in [6, 6.07) is 14.6. The van der Waals surface area contributed by atoms with Gasteiger partial charge in [-0.2, -0.15) is 5.26 Å². The molecule has 0 radical (unpaired) electrons. The molecule has 0 saturated carbocycles. The first-order chi connectivity index (χ1) is 11.5. The Morgan fingerprint density at radius 3 is 2.79 bits per heavy atom. The quantitative estimate of drug-likeness (QED) is 0.840. The third kappa shape index (κ3) is 4.98. The van der Waals surface area contributed by atoms with Gasteiger partial charge in [-0.05, 0) is 30.3 Å². The lowest BCUT2D eigenvalue weighted by atomic mass is 10.2. The Morgan fingerprint density at radius 1 is 1.33 bits per heavy atom.